The van der Waals surface area contributed by atoms with Crippen molar-refractivity contribution in [3.63, 3.8) is 0 Å². The predicted octanol–water partition coefficient (Wildman–Crippen LogP) is 4.01. The van der Waals surface area contributed by atoms with Gasteiger partial charge < -0.3 is 14.2 Å². The Labute approximate surface area is 190 Å². The molecule has 3 aromatic rings. The van der Waals surface area contributed by atoms with E-state index < -0.39 is 9.84 Å². The number of ether oxygens (including phenoxy) is 1. The highest BCUT2D eigenvalue weighted by Gasteiger charge is 2.27. The molecule has 0 N–H and O–H groups in total. The number of carbonyl (C=O) groups excluding carboxylic acids is 1. The predicted molar refractivity (Wildman–Crippen MR) is 124 cm³/mol. The highest BCUT2D eigenvalue weighted by molar-refractivity contribution is 9.10. The molecule has 0 spiro atoms. The minimum Gasteiger partial charge on any atom is -0.372 e. The van der Waals surface area contributed by atoms with Crippen LogP contribution in [0, 0.1) is 0 Å². The first-order valence-corrected chi connectivity index (χ1v) is 12.7. The van der Waals surface area contributed by atoms with Crippen LogP contribution < -0.4 is 0 Å². The second kappa shape index (κ2) is 8.76. The monoisotopic (exact) mass is 504 g/mol. The number of halogens is 1. The Balaban J connectivity index is 1.64. The number of hydrogen-bond acceptors (Lipinski definition) is 4. The van der Waals surface area contributed by atoms with Crippen molar-refractivity contribution in [3.8, 4) is 0 Å². The van der Waals surface area contributed by atoms with E-state index in [9.17, 15) is 13.2 Å². The summed E-state index contributed by atoms with van der Waals surface area (Å²) in [5, 5.41) is 0.635. The van der Waals surface area contributed by atoms with Crippen molar-refractivity contribution in [2.45, 2.75) is 43.2 Å². The zero-order valence-corrected chi connectivity index (χ0v) is 19.9. The zero-order chi connectivity index (χ0) is 22.2. The number of fused-ring (bicyclic) bond motifs is 1. The molecule has 8 heteroatoms. The molecule has 1 aliphatic rings. The lowest BCUT2D eigenvalue weighted by Crippen LogP contribution is -2.49. The van der Waals surface area contributed by atoms with Crippen LogP contribution in [0.15, 0.2) is 64.1 Å². The minimum atomic E-state index is -3.59. The van der Waals surface area contributed by atoms with Crippen molar-refractivity contribution in [1.29, 1.82) is 0 Å². The molecule has 2 heterocycles. The smallest absolute Gasteiger partial charge is 0.242 e. The van der Waals surface area contributed by atoms with Gasteiger partial charge in [-0.3, -0.25) is 4.79 Å². The molecule has 0 saturated carbocycles. The topological polar surface area (TPSA) is 68.6 Å². The van der Waals surface area contributed by atoms with E-state index in [1.165, 1.54) is 0 Å². The van der Waals surface area contributed by atoms with Crippen molar-refractivity contribution in [2.24, 2.45) is 0 Å². The van der Waals surface area contributed by atoms with E-state index in [-0.39, 0.29) is 35.3 Å². The van der Waals surface area contributed by atoms with Gasteiger partial charge in [-0.05, 0) is 37.6 Å². The van der Waals surface area contributed by atoms with Crippen LogP contribution in [0.1, 0.15) is 19.4 Å². The molecular formula is C23H25BrN2O4S. The van der Waals surface area contributed by atoms with Crippen LogP contribution in [0.3, 0.4) is 0 Å². The Morgan fingerprint density at radius 2 is 1.71 bits per heavy atom. The maximum Gasteiger partial charge on any atom is 0.242 e. The number of benzene rings is 2. The Kier molecular flexibility index (Phi) is 6.23. The van der Waals surface area contributed by atoms with Gasteiger partial charge in [-0.25, -0.2) is 8.42 Å². The van der Waals surface area contributed by atoms with Gasteiger partial charge in [0, 0.05) is 34.7 Å². The lowest BCUT2D eigenvalue weighted by Gasteiger charge is -2.35. The first kappa shape index (κ1) is 22.0. The largest absolute Gasteiger partial charge is 0.372 e. The number of sulfone groups is 1. The first-order valence-electron chi connectivity index (χ1n) is 10.2. The van der Waals surface area contributed by atoms with Crippen molar-refractivity contribution in [1.82, 2.24) is 9.47 Å². The molecule has 1 amide bonds. The Hall–Kier alpha value is -2.16. The third-order valence-electron chi connectivity index (χ3n) is 5.43. The summed E-state index contributed by atoms with van der Waals surface area (Å²) in [6, 6.07) is 14.6. The summed E-state index contributed by atoms with van der Waals surface area (Å²) in [6.07, 6.45) is 1.57. The lowest BCUT2D eigenvalue weighted by atomic mass is 10.2. The highest BCUT2D eigenvalue weighted by atomic mass is 79.9. The Morgan fingerprint density at radius 3 is 2.39 bits per heavy atom. The summed E-state index contributed by atoms with van der Waals surface area (Å²) in [5.41, 5.74) is 1.45. The maximum absolute atomic E-state index is 13.3. The second-order valence-corrected chi connectivity index (χ2v) is 11.0. The number of para-hydroxylation sites is 1. The molecule has 2 aromatic carbocycles. The zero-order valence-electron chi connectivity index (χ0n) is 17.5. The quantitative estimate of drug-likeness (QED) is 0.526. The van der Waals surface area contributed by atoms with Gasteiger partial charge in [0.15, 0.2) is 9.84 Å². The molecule has 1 aliphatic heterocycles. The van der Waals surface area contributed by atoms with E-state index in [0.717, 1.165) is 9.99 Å². The number of hydrogen-bond donors (Lipinski definition) is 0. The van der Waals surface area contributed by atoms with E-state index in [2.05, 4.69) is 15.9 Å². The van der Waals surface area contributed by atoms with Gasteiger partial charge in [0.2, 0.25) is 5.91 Å². The van der Waals surface area contributed by atoms with Gasteiger partial charge in [-0.15, -0.1) is 0 Å². The van der Waals surface area contributed by atoms with Crippen molar-refractivity contribution < 1.29 is 17.9 Å². The van der Waals surface area contributed by atoms with Crippen LogP contribution in [-0.2, 0) is 31.7 Å². The van der Waals surface area contributed by atoms with Gasteiger partial charge in [-0.2, -0.15) is 0 Å². The van der Waals surface area contributed by atoms with Gasteiger partial charge >= 0.3 is 0 Å². The van der Waals surface area contributed by atoms with E-state index in [1.54, 1.807) is 33.9 Å². The Bertz CT molecular complexity index is 1190. The fourth-order valence-electron chi connectivity index (χ4n) is 4.10. The average molecular weight is 505 g/mol. The third kappa shape index (κ3) is 4.86. The summed E-state index contributed by atoms with van der Waals surface area (Å²) in [4.78, 5) is 15.0. The summed E-state index contributed by atoms with van der Waals surface area (Å²) < 4.78 is 34.9. The number of carbonyl (C=O) groups is 1. The summed E-state index contributed by atoms with van der Waals surface area (Å²) in [7, 11) is -3.59. The maximum atomic E-state index is 13.3. The molecular weight excluding hydrogens is 480 g/mol. The van der Waals surface area contributed by atoms with Gasteiger partial charge in [0.1, 0.15) is 6.54 Å². The van der Waals surface area contributed by atoms with Crippen LogP contribution >= 0.6 is 15.9 Å². The molecule has 31 heavy (non-hydrogen) atoms. The van der Waals surface area contributed by atoms with Gasteiger partial charge in [-0.1, -0.05) is 46.3 Å². The molecule has 1 saturated heterocycles. The molecule has 1 fully saturated rings. The van der Waals surface area contributed by atoms with Crippen LogP contribution in [0.25, 0.3) is 10.9 Å². The van der Waals surface area contributed by atoms with Crippen molar-refractivity contribution >= 4 is 42.6 Å². The van der Waals surface area contributed by atoms with E-state index in [1.807, 2.05) is 44.2 Å². The fraction of sp³-hybridized carbons (Fsp3) is 0.348. The first-order chi connectivity index (χ1) is 14.7. The van der Waals surface area contributed by atoms with Gasteiger partial charge in [0.05, 0.1) is 22.9 Å². The average Bonchev–Trinajstić information content (AvgIpc) is 3.08. The molecule has 2 atom stereocenters. The second-order valence-electron chi connectivity index (χ2n) is 8.08. The Morgan fingerprint density at radius 1 is 1.06 bits per heavy atom. The number of rotatable bonds is 5. The fourth-order valence-corrected chi connectivity index (χ4v) is 5.94. The number of amides is 1. The van der Waals surface area contributed by atoms with Crippen LogP contribution in [-0.4, -0.2) is 49.1 Å². The van der Waals surface area contributed by atoms with Crippen LogP contribution in [0.2, 0.25) is 0 Å². The molecule has 0 aliphatic carbocycles. The molecule has 0 bridgehead atoms. The molecule has 4 rings (SSSR count). The van der Waals surface area contributed by atoms with E-state index in [4.69, 9.17) is 4.74 Å². The van der Waals surface area contributed by atoms with Crippen LogP contribution in [0.5, 0.6) is 0 Å². The summed E-state index contributed by atoms with van der Waals surface area (Å²) in [5.74, 6) is -0.139. The normalized spacial score (nSPS) is 19.6. The van der Waals surface area contributed by atoms with Crippen molar-refractivity contribution in [3.05, 3.63) is 64.8 Å². The number of aromatic nitrogens is 1. The van der Waals surface area contributed by atoms with E-state index >= 15 is 0 Å². The summed E-state index contributed by atoms with van der Waals surface area (Å²) >= 11 is 3.37. The van der Waals surface area contributed by atoms with Gasteiger partial charge in [0.25, 0.3) is 0 Å². The van der Waals surface area contributed by atoms with E-state index in [0.29, 0.717) is 24.0 Å². The summed E-state index contributed by atoms with van der Waals surface area (Å²) in [6.45, 7) is 5.07. The number of nitrogens with zero attached hydrogens (tertiary/aromatic N) is 2. The minimum absolute atomic E-state index is 0.0176. The molecule has 164 valence electrons. The molecule has 0 radical (unpaired) electrons. The molecule has 2 unspecified atom stereocenters. The standard InChI is InChI=1S/C23H25BrN2O4S/c1-16-11-26(12-17(2)30-16)23(27)14-25-13-22(20-5-3-4-6-21(20)25)31(28,29)15-18-7-9-19(24)10-8-18/h3-10,13,16-17H,11-12,14-15H2,1-2H3. The third-order valence-corrected chi connectivity index (χ3v) is 7.67. The van der Waals surface area contributed by atoms with Crippen LogP contribution in [0.4, 0.5) is 0 Å². The molecule has 6 nitrogen and oxygen atoms in total. The van der Waals surface area contributed by atoms with Crippen molar-refractivity contribution in [2.75, 3.05) is 13.1 Å². The molecule has 1 aromatic heterocycles. The highest BCUT2D eigenvalue weighted by Crippen LogP contribution is 2.28. The number of morpholine rings is 1. The SMILES string of the molecule is CC1CN(C(=O)Cn2cc(S(=O)(=O)Cc3ccc(Br)cc3)c3ccccc32)CC(C)O1. The lowest BCUT2D eigenvalue weighted by molar-refractivity contribution is -0.143.